The highest BCUT2D eigenvalue weighted by Gasteiger charge is 2.00. The Balaban J connectivity index is -0.000000230. The van der Waals surface area contributed by atoms with Crippen LogP contribution >= 0.6 is 0 Å². The highest BCUT2D eigenvalue weighted by atomic mass is 16.4. The third-order valence-corrected chi connectivity index (χ3v) is 0.921. The number of aliphatic carboxylic acids is 5. The molecule has 0 aliphatic rings. The maximum Gasteiger partial charge on any atom is 0.328 e. The van der Waals surface area contributed by atoms with Crippen molar-refractivity contribution < 1.29 is 49.5 Å². The highest BCUT2D eigenvalue weighted by Crippen LogP contribution is 1.86. The van der Waals surface area contributed by atoms with Crippen LogP contribution in [0.5, 0.6) is 0 Å². The molecule has 0 saturated carbocycles. The van der Waals surface area contributed by atoms with Gasteiger partial charge in [0.2, 0.25) is 0 Å². The Hall–Kier alpha value is -2.91. The van der Waals surface area contributed by atoms with Gasteiger partial charge in [0.05, 0.1) is 12.8 Å². The molecule has 0 amide bonds. The van der Waals surface area contributed by atoms with Crippen molar-refractivity contribution in [2.75, 3.05) is 0 Å². The monoisotopic (exact) mass is 294 g/mol. The number of carboxylic acid groups (broad SMARTS) is 5. The number of hydrogen-bond acceptors (Lipinski definition) is 5. The van der Waals surface area contributed by atoms with Crippen LogP contribution in [0.1, 0.15) is 19.8 Å². The van der Waals surface area contributed by atoms with Gasteiger partial charge in [0.1, 0.15) is 0 Å². The van der Waals surface area contributed by atoms with Crippen molar-refractivity contribution >= 4 is 29.8 Å². The van der Waals surface area contributed by atoms with Gasteiger partial charge in [-0.15, -0.1) is 0 Å². The summed E-state index contributed by atoms with van der Waals surface area (Å²) in [6.45, 7) is 1.08. The molecule has 0 saturated heterocycles. The summed E-state index contributed by atoms with van der Waals surface area (Å²) in [5.74, 6) is -5.50. The summed E-state index contributed by atoms with van der Waals surface area (Å²) in [5.41, 5.74) is 0. The molecule has 0 spiro atoms. The standard InChI is InChI=1S/C4H6O4.C4H4O4.C2H4O2/c2*5-3(6)1-2-4(7)8;1-2(3)4/h1-2H2,(H,5,6)(H,7,8);1-2H,(H,5,6)(H,7,8);1H3,(H,3,4). The van der Waals surface area contributed by atoms with Crippen molar-refractivity contribution in [3.63, 3.8) is 0 Å². The number of rotatable bonds is 5. The first-order chi connectivity index (χ1) is 8.98. The van der Waals surface area contributed by atoms with E-state index in [1.165, 1.54) is 0 Å². The van der Waals surface area contributed by atoms with Gasteiger partial charge in [-0.05, 0) is 0 Å². The van der Waals surface area contributed by atoms with Crippen LogP contribution in [0.4, 0.5) is 0 Å². The van der Waals surface area contributed by atoms with Crippen LogP contribution < -0.4 is 0 Å². The number of carbonyl (C=O) groups is 5. The van der Waals surface area contributed by atoms with E-state index in [0.29, 0.717) is 12.2 Å². The van der Waals surface area contributed by atoms with Gasteiger partial charge < -0.3 is 25.5 Å². The van der Waals surface area contributed by atoms with Gasteiger partial charge in [-0.25, -0.2) is 9.59 Å². The summed E-state index contributed by atoms with van der Waals surface area (Å²) in [4.78, 5) is 47.4. The Labute approximate surface area is 112 Å². The van der Waals surface area contributed by atoms with Gasteiger partial charge >= 0.3 is 23.9 Å². The van der Waals surface area contributed by atoms with E-state index < -0.39 is 29.8 Å². The lowest BCUT2D eigenvalue weighted by Gasteiger charge is -1.85. The molecular weight excluding hydrogens is 280 g/mol. The molecule has 0 fully saturated rings. The maximum absolute atomic E-state index is 9.64. The van der Waals surface area contributed by atoms with Crippen molar-refractivity contribution in [3.8, 4) is 0 Å². The Kier molecular flexibility index (Phi) is 15.8. The Morgan fingerprint density at radius 3 is 1.00 bits per heavy atom. The molecule has 0 heterocycles. The molecule has 10 nitrogen and oxygen atoms in total. The van der Waals surface area contributed by atoms with Crippen LogP contribution in [0, 0.1) is 0 Å². The van der Waals surface area contributed by atoms with Gasteiger partial charge in [0.25, 0.3) is 5.97 Å². The Morgan fingerprint density at radius 2 is 0.900 bits per heavy atom. The van der Waals surface area contributed by atoms with E-state index in [-0.39, 0.29) is 12.8 Å². The van der Waals surface area contributed by atoms with Gasteiger partial charge in [0.15, 0.2) is 0 Å². The fourth-order valence-electron chi connectivity index (χ4n) is 0.356. The lowest BCUT2D eigenvalue weighted by Crippen LogP contribution is -2.00. The molecule has 0 aromatic heterocycles. The zero-order chi connectivity index (χ0) is 16.7. The quantitative estimate of drug-likeness (QED) is 0.422. The third-order valence-electron chi connectivity index (χ3n) is 0.921. The fourth-order valence-corrected chi connectivity index (χ4v) is 0.356. The average Bonchev–Trinajstić information content (AvgIpc) is 2.23. The highest BCUT2D eigenvalue weighted by molar-refractivity contribution is 5.89. The summed E-state index contributed by atoms with van der Waals surface area (Å²) in [7, 11) is 0. The van der Waals surface area contributed by atoms with Crippen LogP contribution in [0.15, 0.2) is 12.2 Å². The second kappa shape index (κ2) is 14.2. The molecule has 0 aromatic rings. The summed E-state index contributed by atoms with van der Waals surface area (Å²) < 4.78 is 0. The Bertz CT molecular complexity index is 347. The van der Waals surface area contributed by atoms with Crippen LogP contribution in [-0.4, -0.2) is 55.4 Å². The lowest BCUT2D eigenvalue weighted by atomic mass is 10.3. The van der Waals surface area contributed by atoms with Crippen molar-refractivity contribution in [3.05, 3.63) is 12.2 Å². The molecule has 0 aromatic carbocycles. The van der Waals surface area contributed by atoms with E-state index in [9.17, 15) is 19.2 Å². The molecule has 0 rings (SSSR count). The van der Waals surface area contributed by atoms with Crippen LogP contribution in [0.3, 0.4) is 0 Å². The summed E-state index contributed by atoms with van der Waals surface area (Å²) in [6, 6.07) is 0. The summed E-state index contributed by atoms with van der Waals surface area (Å²) in [6.07, 6.45) is 0.523. The minimum absolute atomic E-state index is 0.296. The Morgan fingerprint density at radius 1 is 0.700 bits per heavy atom. The first kappa shape index (κ1) is 22.3. The van der Waals surface area contributed by atoms with E-state index in [1.807, 2.05) is 0 Å². The fraction of sp³-hybridized carbons (Fsp3) is 0.300. The van der Waals surface area contributed by atoms with E-state index in [0.717, 1.165) is 6.92 Å². The van der Waals surface area contributed by atoms with Crippen LogP contribution in [0.2, 0.25) is 0 Å². The number of carboxylic acids is 5. The van der Waals surface area contributed by atoms with Crippen molar-refractivity contribution in [1.29, 1.82) is 0 Å². The predicted molar refractivity (Wildman–Crippen MR) is 62.2 cm³/mol. The molecule has 10 heteroatoms. The first-order valence-corrected chi connectivity index (χ1v) is 4.76. The smallest absolute Gasteiger partial charge is 0.328 e. The van der Waals surface area contributed by atoms with E-state index in [2.05, 4.69) is 0 Å². The van der Waals surface area contributed by atoms with Gasteiger partial charge in [-0.3, -0.25) is 14.4 Å². The second-order valence-electron chi connectivity index (χ2n) is 2.82. The third kappa shape index (κ3) is 59.6. The maximum atomic E-state index is 9.64. The average molecular weight is 294 g/mol. The van der Waals surface area contributed by atoms with Gasteiger partial charge in [-0.1, -0.05) is 0 Å². The van der Waals surface area contributed by atoms with Crippen LogP contribution in [-0.2, 0) is 24.0 Å². The molecule has 0 unspecified atom stereocenters. The first-order valence-electron chi connectivity index (χ1n) is 4.76. The molecule has 0 bridgehead atoms. The predicted octanol–water partition coefficient (Wildman–Crippen LogP) is -0.261. The second-order valence-corrected chi connectivity index (χ2v) is 2.82. The van der Waals surface area contributed by atoms with E-state index in [1.54, 1.807) is 0 Å². The van der Waals surface area contributed by atoms with Crippen molar-refractivity contribution in [2.45, 2.75) is 19.8 Å². The lowest BCUT2D eigenvalue weighted by molar-refractivity contribution is -0.143. The molecule has 20 heavy (non-hydrogen) atoms. The van der Waals surface area contributed by atoms with Gasteiger partial charge in [-0.2, -0.15) is 0 Å². The number of hydrogen-bond donors (Lipinski definition) is 5. The minimum Gasteiger partial charge on any atom is -0.481 e. The minimum atomic E-state index is -1.26. The van der Waals surface area contributed by atoms with E-state index >= 15 is 0 Å². The summed E-state index contributed by atoms with van der Waals surface area (Å²) >= 11 is 0. The zero-order valence-electron chi connectivity index (χ0n) is 10.3. The van der Waals surface area contributed by atoms with Crippen LogP contribution in [0.25, 0.3) is 0 Å². The molecule has 5 N–H and O–H groups in total. The van der Waals surface area contributed by atoms with Gasteiger partial charge in [0, 0.05) is 19.1 Å². The molecule has 0 aliphatic heterocycles. The van der Waals surface area contributed by atoms with Crippen molar-refractivity contribution in [1.82, 2.24) is 0 Å². The molecule has 114 valence electrons. The molecular formula is C10H14O10. The summed E-state index contributed by atoms with van der Waals surface area (Å²) in [5, 5.41) is 38.8. The molecule has 0 radical (unpaired) electrons. The van der Waals surface area contributed by atoms with Crippen molar-refractivity contribution in [2.24, 2.45) is 0 Å². The van der Waals surface area contributed by atoms with E-state index in [4.69, 9.17) is 30.3 Å². The normalized spacial score (nSPS) is 8.45. The zero-order valence-corrected chi connectivity index (χ0v) is 10.3. The SMILES string of the molecule is CC(=O)O.O=C(O)C=CC(=O)O.O=C(O)CCC(=O)O. The topological polar surface area (TPSA) is 186 Å². The largest absolute Gasteiger partial charge is 0.481 e. The molecule has 0 aliphatic carbocycles. The molecule has 0 atom stereocenters.